The van der Waals surface area contributed by atoms with E-state index in [0.717, 1.165) is 32.1 Å². The average Bonchev–Trinajstić information content (AvgIpc) is 2.31. The minimum atomic E-state index is -0.728. The van der Waals surface area contributed by atoms with Crippen LogP contribution in [0.2, 0.25) is 0 Å². The first kappa shape index (κ1) is 17.0. The minimum absolute atomic E-state index is 0.103. The van der Waals surface area contributed by atoms with Crippen LogP contribution in [-0.2, 0) is 0 Å². The van der Waals surface area contributed by atoms with Gasteiger partial charge in [-0.2, -0.15) is 0 Å². The first-order valence-corrected chi connectivity index (χ1v) is 8.06. The lowest BCUT2D eigenvalue weighted by atomic mass is 9.57. The Morgan fingerprint density at radius 2 is 1.68 bits per heavy atom. The van der Waals surface area contributed by atoms with E-state index in [-0.39, 0.29) is 11.5 Å². The normalized spacial score (nSPS) is 43.6. The minimum Gasteiger partial charge on any atom is -0.389 e. The van der Waals surface area contributed by atoms with Crippen LogP contribution in [0.25, 0.3) is 0 Å². The Hall–Kier alpha value is -0.0800. The van der Waals surface area contributed by atoms with Crippen LogP contribution in [0.15, 0.2) is 0 Å². The molecule has 114 valence electrons. The summed E-state index contributed by atoms with van der Waals surface area (Å²) in [6, 6.07) is -0.103. The van der Waals surface area contributed by atoms with Crippen molar-refractivity contribution >= 4 is 0 Å². The molecular weight excluding hydrogens is 234 g/mol. The fraction of sp³-hybridized carbons (Fsp3) is 1.00. The molecule has 0 bridgehead atoms. The van der Waals surface area contributed by atoms with Gasteiger partial charge in [0.2, 0.25) is 0 Å². The van der Waals surface area contributed by atoms with Crippen LogP contribution in [0.5, 0.6) is 0 Å². The molecule has 0 amide bonds. The zero-order chi connectivity index (χ0) is 14.9. The Balaban J connectivity index is 3.16. The Kier molecular flexibility index (Phi) is 5.12. The summed E-state index contributed by atoms with van der Waals surface area (Å²) in [7, 11) is 0. The fourth-order valence-corrected chi connectivity index (χ4v) is 4.16. The third-order valence-electron chi connectivity index (χ3n) is 5.64. The van der Waals surface area contributed by atoms with Gasteiger partial charge in [-0.05, 0) is 49.4 Å². The topological polar surface area (TPSA) is 46.2 Å². The van der Waals surface area contributed by atoms with Crippen molar-refractivity contribution in [2.45, 2.75) is 91.7 Å². The molecule has 2 nitrogen and oxygen atoms in total. The highest BCUT2D eigenvalue weighted by Gasteiger charge is 2.47. The van der Waals surface area contributed by atoms with Crippen LogP contribution >= 0.6 is 0 Å². The number of hydrogen-bond donors (Lipinski definition) is 2. The van der Waals surface area contributed by atoms with Gasteiger partial charge in [0.25, 0.3) is 0 Å². The molecular formula is C17H35NO. The van der Waals surface area contributed by atoms with Crippen LogP contribution in [-0.4, -0.2) is 16.7 Å². The van der Waals surface area contributed by atoms with E-state index in [2.05, 4.69) is 34.6 Å². The zero-order valence-electron chi connectivity index (χ0n) is 13.9. The SMILES string of the molecule is CCCC1C(N)C(C)(O)CCC(C)(C)CC1(C)CC. The molecule has 1 rings (SSSR count). The van der Waals surface area contributed by atoms with Crippen molar-refractivity contribution < 1.29 is 5.11 Å². The predicted molar refractivity (Wildman–Crippen MR) is 83.0 cm³/mol. The van der Waals surface area contributed by atoms with Crippen molar-refractivity contribution in [1.29, 1.82) is 0 Å². The lowest BCUT2D eigenvalue weighted by molar-refractivity contribution is -0.0645. The largest absolute Gasteiger partial charge is 0.389 e. The smallest absolute Gasteiger partial charge is 0.0773 e. The molecule has 19 heavy (non-hydrogen) atoms. The highest BCUT2D eigenvalue weighted by atomic mass is 16.3. The molecule has 2 heteroatoms. The van der Waals surface area contributed by atoms with Crippen LogP contribution in [0.3, 0.4) is 0 Å². The quantitative estimate of drug-likeness (QED) is 0.810. The molecule has 3 N–H and O–H groups in total. The van der Waals surface area contributed by atoms with E-state index in [9.17, 15) is 5.11 Å². The number of rotatable bonds is 3. The maximum atomic E-state index is 10.8. The summed E-state index contributed by atoms with van der Waals surface area (Å²) in [5.74, 6) is 0.414. The Labute approximate surface area is 120 Å². The van der Waals surface area contributed by atoms with Crippen LogP contribution in [0, 0.1) is 16.7 Å². The van der Waals surface area contributed by atoms with Gasteiger partial charge in [0.1, 0.15) is 0 Å². The van der Waals surface area contributed by atoms with Crippen molar-refractivity contribution in [2.75, 3.05) is 0 Å². The standard InChI is InChI=1S/C17H35NO/c1-7-9-13-14(18)17(6,19)11-10-15(3,4)12-16(13,5)8-2/h13-14,19H,7-12,18H2,1-6H3. The molecule has 0 aromatic heterocycles. The predicted octanol–water partition coefficient (Wildman–Crippen LogP) is 4.11. The van der Waals surface area contributed by atoms with E-state index in [1.54, 1.807) is 0 Å². The van der Waals surface area contributed by atoms with Gasteiger partial charge in [0.05, 0.1) is 5.60 Å². The molecule has 0 radical (unpaired) electrons. The fourth-order valence-electron chi connectivity index (χ4n) is 4.16. The Morgan fingerprint density at radius 1 is 1.11 bits per heavy atom. The van der Waals surface area contributed by atoms with Gasteiger partial charge in [0.15, 0.2) is 0 Å². The summed E-state index contributed by atoms with van der Waals surface area (Å²) >= 11 is 0. The van der Waals surface area contributed by atoms with E-state index >= 15 is 0 Å². The van der Waals surface area contributed by atoms with Crippen molar-refractivity contribution in [2.24, 2.45) is 22.5 Å². The molecule has 1 fully saturated rings. The molecule has 0 aliphatic heterocycles. The molecule has 1 aliphatic carbocycles. The summed E-state index contributed by atoms with van der Waals surface area (Å²) in [5, 5.41) is 10.8. The van der Waals surface area contributed by atoms with Gasteiger partial charge in [-0.25, -0.2) is 0 Å². The van der Waals surface area contributed by atoms with Crippen molar-refractivity contribution in [1.82, 2.24) is 0 Å². The van der Waals surface area contributed by atoms with E-state index in [4.69, 9.17) is 5.73 Å². The molecule has 0 aromatic rings. The highest BCUT2D eigenvalue weighted by Crippen LogP contribution is 2.50. The van der Waals surface area contributed by atoms with Crippen LogP contribution in [0.1, 0.15) is 80.1 Å². The molecule has 4 atom stereocenters. The van der Waals surface area contributed by atoms with E-state index < -0.39 is 5.60 Å². The molecule has 1 saturated carbocycles. The Bertz CT molecular complexity index is 298. The molecule has 4 unspecified atom stereocenters. The molecule has 0 saturated heterocycles. The number of nitrogens with two attached hydrogens (primary N) is 1. The van der Waals surface area contributed by atoms with E-state index in [1.165, 1.54) is 6.42 Å². The Morgan fingerprint density at radius 3 is 2.16 bits per heavy atom. The van der Waals surface area contributed by atoms with Gasteiger partial charge in [0, 0.05) is 6.04 Å². The second kappa shape index (κ2) is 5.73. The molecule has 1 aliphatic rings. The number of hydrogen-bond acceptors (Lipinski definition) is 2. The van der Waals surface area contributed by atoms with E-state index in [0.29, 0.717) is 11.3 Å². The van der Waals surface area contributed by atoms with Gasteiger partial charge >= 0.3 is 0 Å². The average molecular weight is 269 g/mol. The zero-order valence-corrected chi connectivity index (χ0v) is 13.9. The first-order chi connectivity index (χ1) is 8.58. The second-order valence-electron chi connectivity index (χ2n) is 8.13. The molecule has 0 heterocycles. The summed E-state index contributed by atoms with van der Waals surface area (Å²) in [6.45, 7) is 13.5. The van der Waals surface area contributed by atoms with Crippen LogP contribution < -0.4 is 5.73 Å². The summed E-state index contributed by atoms with van der Waals surface area (Å²) in [6.07, 6.45) is 6.50. The summed E-state index contributed by atoms with van der Waals surface area (Å²) in [4.78, 5) is 0. The monoisotopic (exact) mass is 269 g/mol. The number of aliphatic hydroxyl groups is 1. The van der Waals surface area contributed by atoms with E-state index in [1.807, 2.05) is 6.92 Å². The highest BCUT2D eigenvalue weighted by molar-refractivity contribution is 5.01. The first-order valence-electron chi connectivity index (χ1n) is 8.06. The summed E-state index contributed by atoms with van der Waals surface area (Å²) in [5.41, 5.74) is 6.31. The van der Waals surface area contributed by atoms with Crippen molar-refractivity contribution in [3.05, 3.63) is 0 Å². The maximum Gasteiger partial charge on any atom is 0.0773 e. The molecule has 0 spiro atoms. The van der Waals surface area contributed by atoms with Crippen molar-refractivity contribution in [3.8, 4) is 0 Å². The van der Waals surface area contributed by atoms with Gasteiger partial charge < -0.3 is 10.8 Å². The van der Waals surface area contributed by atoms with Gasteiger partial charge in [-0.3, -0.25) is 0 Å². The third-order valence-corrected chi connectivity index (χ3v) is 5.64. The lowest BCUT2D eigenvalue weighted by Gasteiger charge is -2.51. The lowest BCUT2D eigenvalue weighted by Crippen LogP contribution is -2.57. The summed E-state index contributed by atoms with van der Waals surface area (Å²) < 4.78 is 0. The van der Waals surface area contributed by atoms with Crippen LogP contribution in [0.4, 0.5) is 0 Å². The third kappa shape index (κ3) is 3.72. The maximum absolute atomic E-state index is 10.8. The second-order valence-corrected chi connectivity index (χ2v) is 8.13. The molecule has 0 aromatic carbocycles. The van der Waals surface area contributed by atoms with Crippen molar-refractivity contribution in [3.63, 3.8) is 0 Å². The van der Waals surface area contributed by atoms with Gasteiger partial charge in [-0.1, -0.05) is 47.5 Å². The van der Waals surface area contributed by atoms with Gasteiger partial charge in [-0.15, -0.1) is 0 Å².